The molecule has 0 saturated carbocycles. The predicted octanol–water partition coefficient (Wildman–Crippen LogP) is 11.6. The van der Waals surface area contributed by atoms with Gasteiger partial charge in [-0.1, -0.05) is 87.2 Å². The molecule has 0 amide bonds. The van der Waals surface area contributed by atoms with Crippen molar-refractivity contribution in [1.82, 2.24) is 9.80 Å². The molecule has 1 N–H and O–H groups in total. The second-order valence-electron chi connectivity index (χ2n) is 16.2. The summed E-state index contributed by atoms with van der Waals surface area (Å²) >= 11 is 0. The van der Waals surface area contributed by atoms with Crippen LogP contribution in [0.3, 0.4) is 0 Å². The molecule has 0 radical (unpaired) electrons. The van der Waals surface area contributed by atoms with Crippen molar-refractivity contribution >= 4 is 5.97 Å². The molecule has 0 bridgehead atoms. The zero-order valence-electron chi connectivity index (χ0n) is 35.7. The van der Waals surface area contributed by atoms with Crippen molar-refractivity contribution in [2.24, 2.45) is 5.92 Å². The number of rotatable bonds is 22. The Morgan fingerprint density at radius 2 is 1.27 bits per heavy atom. The van der Waals surface area contributed by atoms with Crippen molar-refractivity contribution in [1.29, 1.82) is 0 Å². The summed E-state index contributed by atoms with van der Waals surface area (Å²) in [5, 5.41) is 11.2. The van der Waals surface area contributed by atoms with Gasteiger partial charge in [0.25, 0.3) is 0 Å². The number of hydrogen-bond donors (Lipinski definition) is 1. The van der Waals surface area contributed by atoms with Crippen LogP contribution >= 0.6 is 0 Å². The molecular formula is C49H70N2O4. The monoisotopic (exact) mass is 751 g/mol. The Kier molecular flexibility index (Phi) is 18.6. The number of ether oxygens (including phenoxy) is 2. The van der Waals surface area contributed by atoms with Crippen molar-refractivity contribution < 1.29 is 19.4 Å². The number of benzene rings is 3. The zero-order chi connectivity index (χ0) is 40.7. The molecule has 6 nitrogen and oxygen atoms in total. The molecule has 2 atom stereocenters. The summed E-state index contributed by atoms with van der Waals surface area (Å²) in [5.74, 6) is 0.316. The van der Waals surface area contributed by atoms with Crippen molar-refractivity contribution in [3.05, 3.63) is 131 Å². The molecule has 0 saturated heterocycles. The first-order chi connectivity index (χ1) is 26.1. The first-order valence-corrected chi connectivity index (χ1v) is 20.4. The van der Waals surface area contributed by atoms with Gasteiger partial charge in [0.1, 0.15) is 11.5 Å². The SMILES string of the molecule is C=C(/C=C\C=C/C)[C@@H](CCN(C(C)C)C(C)C)c1cc(COCc2ccc(O)c([C@H](CCN(C(C)C)C(C)C)c3ccccc3)c2)ccc1OC(=O)C(C)C. The van der Waals surface area contributed by atoms with E-state index < -0.39 is 0 Å². The third kappa shape index (κ3) is 13.9. The normalized spacial score (nSPS) is 13.5. The smallest absolute Gasteiger partial charge is 0.313 e. The van der Waals surface area contributed by atoms with E-state index in [1.165, 1.54) is 5.56 Å². The van der Waals surface area contributed by atoms with E-state index in [0.29, 0.717) is 48.9 Å². The third-order valence-corrected chi connectivity index (χ3v) is 10.4. The predicted molar refractivity (Wildman–Crippen MR) is 231 cm³/mol. The molecule has 0 aliphatic heterocycles. The van der Waals surface area contributed by atoms with Gasteiger partial charge in [-0.05, 0) is 135 Å². The highest BCUT2D eigenvalue weighted by atomic mass is 16.5. The van der Waals surface area contributed by atoms with Gasteiger partial charge in [-0.2, -0.15) is 0 Å². The number of esters is 1. The maximum absolute atomic E-state index is 12.9. The standard InChI is InChI=1S/C49H70N2O4/c1-13-14-16-19-39(12)43(26-28-50(35(4)5)36(6)7)46-31-41(23-25-48(46)55-49(53)34(2)3)33-54-32-40-22-24-47(52)45(30-40)44(42-20-17-15-18-21-42)27-29-51(37(8)9)38(10)11/h13-25,30-31,34-38,43-44,52H,12,26-29,32-33H2,1-11H3/b14-13-,19-16-/t43-,44-/m1/s1. The zero-order valence-corrected chi connectivity index (χ0v) is 35.7. The quantitative estimate of drug-likeness (QED) is 0.0627. The van der Waals surface area contributed by atoms with Crippen molar-refractivity contribution in [3.8, 4) is 11.5 Å². The number of aromatic hydroxyl groups is 1. The largest absolute Gasteiger partial charge is 0.508 e. The van der Waals surface area contributed by atoms with Gasteiger partial charge < -0.3 is 14.6 Å². The van der Waals surface area contributed by atoms with Crippen LogP contribution in [0.4, 0.5) is 0 Å². The van der Waals surface area contributed by atoms with Gasteiger partial charge >= 0.3 is 5.97 Å². The Hall–Kier alpha value is -3.97. The summed E-state index contributed by atoms with van der Waals surface area (Å²) in [5.41, 5.74) is 6.00. The first-order valence-electron chi connectivity index (χ1n) is 20.4. The molecule has 6 heteroatoms. The number of hydrogen-bond acceptors (Lipinski definition) is 6. The molecule has 0 aromatic heterocycles. The summed E-state index contributed by atoms with van der Waals surface area (Å²) in [6, 6.07) is 24.0. The first kappa shape index (κ1) is 45.4. The number of allylic oxidation sites excluding steroid dienone is 5. The second kappa shape index (κ2) is 22.6. The fourth-order valence-corrected chi connectivity index (χ4v) is 7.45. The number of carbonyl (C=O) groups excluding carboxylic acids is 1. The topological polar surface area (TPSA) is 62.2 Å². The van der Waals surface area contributed by atoms with E-state index in [2.05, 4.69) is 114 Å². The summed E-state index contributed by atoms with van der Waals surface area (Å²) < 4.78 is 12.4. The molecular weight excluding hydrogens is 681 g/mol. The van der Waals surface area contributed by atoms with Crippen LogP contribution in [-0.4, -0.2) is 58.1 Å². The van der Waals surface area contributed by atoms with Crippen molar-refractivity contribution in [3.63, 3.8) is 0 Å². The highest BCUT2D eigenvalue weighted by Crippen LogP contribution is 2.38. The van der Waals surface area contributed by atoms with Crippen LogP contribution in [0.2, 0.25) is 0 Å². The van der Waals surface area contributed by atoms with Gasteiger partial charge in [-0.15, -0.1) is 0 Å². The van der Waals surface area contributed by atoms with Crippen LogP contribution in [0, 0.1) is 5.92 Å². The van der Waals surface area contributed by atoms with Crippen LogP contribution in [0.1, 0.15) is 129 Å². The fourth-order valence-electron chi connectivity index (χ4n) is 7.45. The van der Waals surface area contributed by atoms with Crippen LogP contribution in [0.5, 0.6) is 11.5 Å². The molecule has 0 aliphatic rings. The Bertz CT molecular complexity index is 1670. The van der Waals surface area contributed by atoms with Gasteiger partial charge in [0.15, 0.2) is 0 Å². The van der Waals surface area contributed by atoms with E-state index in [4.69, 9.17) is 9.47 Å². The molecule has 0 spiro atoms. The maximum Gasteiger partial charge on any atom is 0.313 e. The molecule has 0 aliphatic carbocycles. The average Bonchev–Trinajstić information content (AvgIpc) is 3.13. The number of phenols is 1. The maximum atomic E-state index is 12.9. The Morgan fingerprint density at radius 3 is 1.82 bits per heavy atom. The highest BCUT2D eigenvalue weighted by Gasteiger charge is 2.25. The van der Waals surface area contributed by atoms with E-state index in [-0.39, 0.29) is 23.7 Å². The van der Waals surface area contributed by atoms with E-state index in [0.717, 1.165) is 53.8 Å². The van der Waals surface area contributed by atoms with E-state index in [1.807, 2.05) is 63.3 Å². The fraction of sp³-hybridized carbons (Fsp3) is 0.490. The molecule has 3 aromatic carbocycles. The lowest BCUT2D eigenvalue weighted by molar-refractivity contribution is -0.137. The van der Waals surface area contributed by atoms with Crippen LogP contribution < -0.4 is 4.74 Å². The summed E-state index contributed by atoms with van der Waals surface area (Å²) in [4.78, 5) is 17.9. The number of carbonyl (C=O) groups is 1. The van der Waals surface area contributed by atoms with Gasteiger partial charge in [-0.25, -0.2) is 0 Å². The van der Waals surface area contributed by atoms with Gasteiger partial charge in [0.05, 0.1) is 19.1 Å². The van der Waals surface area contributed by atoms with E-state index in [1.54, 1.807) is 6.07 Å². The Labute approximate surface area is 333 Å². The summed E-state index contributed by atoms with van der Waals surface area (Å²) in [6.45, 7) is 30.7. The highest BCUT2D eigenvalue weighted by molar-refractivity contribution is 5.75. The van der Waals surface area contributed by atoms with Crippen molar-refractivity contribution in [2.75, 3.05) is 13.1 Å². The minimum atomic E-state index is -0.261. The van der Waals surface area contributed by atoms with Gasteiger partial charge in [0.2, 0.25) is 0 Å². The van der Waals surface area contributed by atoms with Crippen molar-refractivity contribution in [2.45, 2.75) is 138 Å². The van der Waals surface area contributed by atoms with Crippen LogP contribution in [0.25, 0.3) is 0 Å². The van der Waals surface area contributed by atoms with Crippen LogP contribution in [-0.2, 0) is 22.7 Å². The molecule has 0 unspecified atom stereocenters. The Balaban J connectivity index is 1.94. The minimum absolute atomic E-state index is 0.0408. The van der Waals surface area contributed by atoms with E-state index >= 15 is 0 Å². The Morgan fingerprint density at radius 1 is 0.727 bits per heavy atom. The van der Waals surface area contributed by atoms with E-state index in [9.17, 15) is 9.90 Å². The molecule has 3 rings (SSSR count). The lowest BCUT2D eigenvalue weighted by Gasteiger charge is -2.32. The summed E-state index contributed by atoms with van der Waals surface area (Å²) in [6.07, 6.45) is 9.78. The lowest BCUT2D eigenvalue weighted by atomic mass is 9.86. The molecule has 0 fully saturated rings. The van der Waals surface area contributed by atoms with Gasteiger partial charge in [0, 0.05) is 47.1 Å². The molecule has 3 aromatic rings. The third-order valence-electron chi connectivity index (χ3n) is 10.4. The number of nitrogens with zero attached hydrogens (tertiary/aromatic N) is 2. The number of phenolic OH excluding ortho intramolecular Hbond substituents is 1. The molecule has 300 valence electrons. The average molecular weight is 751 g/mol. The molecule has 55 heavy (non-hydrogen) atoms. The lowest BCUT2D eigenvalue weighted by Crippen LogP contribution is -2.38. The van der Waals surface area contributed by atoms with Crippen LogP contribution in [0.15, 0.2) is 103 Å². The molecule has 0 heterocycles. The minimum Gasteiger partial charge on any atom is -0.508 e. The van der Waals surface area contributed by atoms with Gasteiger partial charge in [-0.3, -0.25) is 14.6 Å². The second-order valence-corrected chi connectivity index (χ2v) is 16.2. The summed E-state index contributed by atoms with van der Waals surface area (Å²) in [7, 11) is 0.